The number of anilines is 2. The fraction of sp³-hybridized carbons (Fsp3) is 0.320. The zero-order chi connectivity index (χ0) is 23.1. The first kappa shape index (κ1) is 20.6. The molecule has 0 spiro atoms. The summed E-state index contributed by atoms with van der Waals surface area (Å²) < 4.78 is 0. The van der Waals surface area contributed by atoms with E-state index in [4.69, 9.17) is 9.97 Å². The van der Waals surface area contributed by atoms with Crippen molar-refractivity contribution in [2.24, 2.45) is 0 Å². The minimum absolute atomic E-state index is 0.324. The highest BCUT2D eigenvalue weighted by Gasteiger charge is 2.20. The van der Waals surface area contributed by atoms with Crippen LogP contribution in [0.25, 0.3) is 44.8 Å². The van der Waals surface area contributed by atoms with Gasteiger partial charge in [0.15, 0.2) is 11.5 Å². The molecule has 3 N–H and O–H groups in total. The molecule has 5 aromatic rings. The van der Waals surface area contributed by atoms with E-state index in [0.29, 0.717) is 17.6 Å². The highest BCUT2D eigenvalue weighted by molar-refractivity contribution is 5.94. The van der Waals surface area contributed by atoms with Gasteiger partial charge in [-0.1, -0.05) is 0 Å². The van der Waals surface area contributed by atoms with Crippen LogP contribution in [0.2, 0.25) is 0 Å². The van der Waals surface area contributed by atoms with E-state index in [1.54, 1.807) is 0 Å². The molecule has 5 aromatic heterocycles. The summed E-state index contributed by atoms with van der Waals surface area (Å²) >= 11 is 0. The van der Waals surface area contributed by atoms with Crippen molar-refractivity contribution in [2.45, 2.75) is 39.2 Å². The zero-order valence-electron chi connectivity index (χ0n) is 19.3. The van der Waals surface area contributed by atoms with E-state index in [0.717, 1.165) is 57.8 Å². The van der Waals surface area contributed by atoms with Gasteiger partial charge in [-0.2, -0.15) is 5.10 Å². The van der Waals surface area contributed by atoms with Gasteiger partial charge in [-0.05, 0) is 51.3 Å². The van der Waals surface area contributed by atoms with Crippen LogP contribution in [0.3, 0.4) is 0 Å². The maximum atomic E-state index is 4.95. The van der Waals surface area contributed by atoms with Crippen molar-refractivity contribution in [2.75, 3.05) is 23.3 Å². The molecule has 172 valence electrons. The lowest BCUT2D eigenvalue weighted by Crippen LogP contribution is -2.29. The average molecular weight is 454 g/mol. The number of nitrogens with zero attached hydrogens (tertiary/aromatic N) is 6. The average Bonchev–Trinajstić information content (AvgIpc) is 3.48. The molecule has 1 saturated heterocycles. The number of nitrogens with one attached hydrogen (secondary N) is 3. The van der Waals surface area contributed by atoms with E-state index in [2.05, 4.69) is 55.3 Å². The second-order valence-corrected chi connectivity index (χ2v) is 9.11. The van der Waals surface area contributed by atoms with E-state index in [-0.39, 0.29) is 0 Å². The van der Waals surface area contributed by atoms with Crippen molar-refractivity contribution in [1.82, 2.24) is 35.1 Å². The highest BCUT2D eigenvalue weighted by atomic mass is 15.2. The normalized spacial score (nSPS) is 14.4. The molecule has 0 aromatic carbocycles. The summed E-state index contributed by atoms with van der Waals surface area (Å²) in [6.45, 7) is 6.29. The molecule has 9 heteroatoms. The van der Waals surface area contributed by atoms with Crippen molar-refractivity contribution < 1.29 is 0 Å². The first-order valence-corrected chi connectivity index (χ1v) is 11.8. The number of imidazole rings is 1. The Kier molecular flexibility index (Phi) is 5.09. The molecule has 0 bridgehead atoms. The van der Waals surface area contributed by atoms with Crippen LogP contribution in [-0.2, 0) is 0 Å². The minimum atomic E-state index is 0.324. The molecule has 6 heterocycles. The lowest BCUT2D eigenvalue weighted by atomic mass is 10.1. The summed E-state index contributed by atoms with van der Waals surface area (Å²) in [7, 11) is 0. The molecule has 0 saturated carbocycles. The molecule has 0 radical (unpaired) electrons. The molecule has 9 nitrogen and oxygen atoms in total. The molecule has 1 aliphatic rings. The number of piperidine rings is 1. The van der Waals surface area contributed by atoms with Gasteiger partial charge in [0.1, 0.15) is 11.0 Å². The topological polar surface area (TPSA) is 111 Å². The minimum Gasteiger partial charge on any atom is -0.382 e. The van der Waals surface area contributed by atoms with Gasteiger partial charge in [0.25, 0.3) is 0 Å². The quantitative estimate of drug-likeness (QED) is 0.351. The van der Waals surface area contributed by atoms with E-state index in [1.807, 2.05) is 36.9 Å². The number of aromatic amines is 2. The largest absolute Gasteiger partial charge is 0.382 e. The predicted molar refractivity (Wildman–Crippen MR) is 135 cm³/mol. The molecule has 6 rings (SSSR count). The summed E-state index contributed by atoms with van der Waals surface area (Å²) in [5.41, 5.74) is 7.98. The van der Waals surface area contributed by atoms with E-state index in [1.165, 1.54) is 19.3 Å². The molecular weight excluding hydrogens is 426 g/mol. The number of rotatable bonds is 5. The molecule has 1 aliphatic heterocycles. The third-order valence-electron chi connectivity index (χ3n) is 6.19. The van der Waals surface area contributed by atoms with Crippen LogP contribution in [0.4, 0.5) is 11.4 Å². The maximum Gasteiger partial charge on any atom is 0.161 e. The first-order chi connectivity index (χ1) is 16.7. The van der Waals surface area contributed by atoms with Gasteiger partial charge < -0.3 is 15.2 Å². The summed E-state index contributed by atoms with van der Waals surface area (Å²) in [5.74, 6) is 0.686. The van der Waals surface area contributed by atoms with Gasteiger partial charge in [-0.3, -0.25) is 15.1 Å². The number of hydrogen-bond donors (Lipinski definition) is 3. The van der Waals surface area contributed by atoms with Crippen LogP contribution in [0.15, 0.2) is 43.0 Å². The molecular formula is C25H27N9. The lowest BCUT2D eigenvalue weighted by Gasteiger charge is -2.28. The Morgan fingerprint density at radius 3 is 2.62 bits per heavy atom. The van der Waals surface area contributed by atoms with Crippen molar-refractivity contribution in [3.63, 3.8) is 0 Å². The SMILES string of the molecule is CC(C)Nc1cncc(-c2ccc3[nH]nc(-c4nc5c(N6CCCCC6)cncc5[nH]4)c3n2)c1. The van der Waals surface area contributed by atoms with Crippen molar-refractivity contribution in [3.05, 3.63) is 43.0 Å². The third kappa shape index (κ3) is 3.72. The molecule has 0 aliphatic carbocycles. The Balaban J connectivity index is 1.41. The standard InChI is InChI=1S/C25H27N9/c1-15(2)28-17-10-16(11-26-12-17)18-6-7-19-23(29-18)24(33-32-19)25-30-20-13-27-14-21(22(20)31-25)34-8-4-3-5-9-34/h6-7,10-15,28H,3-5,8-9H2,1-2H3,(H,30,31)(H,32,33). The molecule has 0 amide bonds. The van der Waals surface area contributed by atoms with Crippen molar-refractivity contribution in [3.8, 4) is 22.8 Å². The fourth-order valence-corrected chi connectivity index (χ4v) is 4.61. The van der Waals surface area contributed by atoms with Crippen molar-refractivity contribution in [1.29, 1.82) is 0 Å². The van der Waals surface area contributed by atoms with Crippen LogP contribution in [0.1, 0.15) is 33.1 Å². The number of aromatic nitrogens is 7. The van der Waals surface area contributed by atoms with Gasteiger partial charge in [0, 0.05) is 37.1 Å². The van der Waals surface area contributed by atoms with Crippen LogP contribution >= 0.6 is 0 Å². The van der Waals surface area contributed by atoms with E-state index < -0.39 is 0 Å². The van der Waals surface area contributed by atoms with Crippen molar-refractivity contribution >= 4 is 33.4 Å². The molecule has 1 fully saturated rings. The Morgan fingerprint density at radius 1 is 0.912 bits per heavy atom. The summed E-state index contributed by atoms with van der Waals surface area (Å²) in [4.78, 5) is 24.5. The second kappa shape index (κ2) is 8.40. The third-order valence-corrected chi connectivity index (χ3v) is 6.19. The molecule has 0 atom stereocenters. The maximum absolute atomic E-state index is 4.95. The fourth-order valence-electron chi connectivity index (χ4n) is 4.61. The van der Waals surface area contributed by atoms with Crippen LogP contribution in [0, 0.1) is 0 Å². The number of H-pyrrole nitrogens is 2. The van der Waals surface area contributed by atoms with Gasteiger partial charge in [0.2, 0.25) is 0 Å². The summed E-state index contributed by atoms with van der Waals surface area (Å²) in [6, 6.07) is 6.38. The smallest absolute Gasteiger partial charge is 0.161 e. The second-order valence-electron chi connectivity index (χ2n) is 9.11. The van der Waals surface area contributed by atoms with Gasteiger partial charge in [-0.25, -0.2) is 9.97 Å². The Bertz CT molecular complexity index is 1460. The van der Waals surface area contributed by atoms with E-state index >= 15 is 0 Å². The number of hydrogen-bond acceptors (Lipinski definition) is 7. The first-order valence-electron chi connectivity index (χ1n) is 11.8. The van der Waals surface area contributed by atoms with E-state index in [9.17, 15) is 0 Å². The van der Waals surface area contributed by atoms with Crippen LogP contribution in [-0.4, -0.2) is 54.2 Å². The predicted octanol–water partition coefficient (Wildman–Crippen LogP) is 4.77. The van der Waals surface area contributed by atoms with Gasteiger partial charge in [-0.15, -0.1) is 0 Å². The van der Waals surface area contributed by atoms with Gasteiger partial charge >= 0.3 is 0 Å². The van der Waals surface area contributed by atoms with Crippen LogP contribution < -0.4 is 10.2 Å². The summed E-state index contributed by atoms with van der Waals surface area (Å²) in [6.07, 6.45) is 11.1. The number of pyridine rings is 3. The lowest BCUT2D eigenvalue weighted by molar-refractivity contribution is 0.578. The number of fused-ring (bicyclic) bond motifs is 2. The monoisotopic (exact) mass is 453 g/mol. The Hall–Kier alpha value is -4.01. The Labute approximate surface area is 197 Å². The zero-order valence-corrected chi connectivity index (χ0v) is 19.3. The molecule has 0 unspecified atom stereocenters. The Morgan fingerprint density at radius 2 is 1.76 bits per heavy atom. The van der Waals surface area contributed by atoms with Crippen LogP contribution in [0.5, 0.6) is 0 Å². The highest BCUT2D eigenvalue weighted by Crippen LogP contribution is 2.31. The summed E-state index contributed by atoms with van der Waals surface area (Å²) in [5, 5.41) is 11.0. The molecule has 34 heavy (non-hydrogen) atoms. The van der Waals surface area contributed by atoms with Gasteiger partial charge in [0.05, 0.1) is 40.5 Å².